The number of carbonyl (C=O) groups is 1. The molecular formula is C16H10FN3O3. The number of nitro benzene ring substituents is 1. The highest BCUT2D eigenvalue weighted by Crippen LogP contribution is 2.23. The number of amides is 1. The summed E-state index contributed by atoms with van der Waals surface area (Å²) in [5.74, 6) is -1.23. The standard InChI is InChI=1S/C16H10FN3O3/c17-13-7-5-11(6-8-13)9-12(10-18)16(21)19-14-3-1-2-4-15(14)20(22)23/h1-9H,(H,19,21)/b12-9+. The second-order valence-electron chi connectivity index (χ2n) is 4.45. The van der Waals surface area contributed by atoms with Crippen LogP contribution in [-0.4, -0.2) is 10.8 Å². The molecule has 114 valence electrons. The van der Waals surface area contributed by atoms with E-state index in [0.29, 0.717) is 5.56 Å². The molecule has 0 spiro atoms. The first-order chi connectivity index (χ1) is 11.0. The SMILES string of the molecule is N#C/C(=C\c1ccc(F)cc1)C(=O)Nc1ccccc1[N+](=O)[O-]. The number of hydrogen-bond acceptors (Lipinski definition) is 4. The van der Waals surface area contributed by atoms with Gasteiger partial charge in [0, 0.05) is 6.07 Å². The highest BCUT2D eigenvalue weighted by atomic mass is 19.1. The van der Waals surface area contributed by atoms with Gasteiger partial charge in [-0.25, -0.2) is 4.39 Å². The first-order valence-corrected chi connectivity index (χ1v) is 6.43. The minimum atomic E-state index is -0.786. The topological polar surface area (TPSA) is 96.0 Å². The number of carbonyl (C=O) groups excluding carboxylic acids is 1. The van der Waals surface area contributed by atoms with E-state index in [1.54, 1.807) is 6.07 Å². The molecule has 0 bridgehead atoms. The second-order valence-corrected chi connectivity index (χ2v) is 4.45. The van der Waals surface area contributed by atoms with E-state index >= 15 is 0 Å². The van der Waals surface area contributed by atoms with E-state index in [0.717, 1.165) is 0 Å². The van der Waals surface area contributed by atoms with Crippen molar-refractivity contribution in [3.63, 3.8) is 0 Å². The van der Waals surface area contributed by atoms with Crippen molar-refractivity contribution in [2.45, 2.75) is 0 Å². The number of halogens is 1. The van der Waals surface area contributed by atoms with Crippen molar-refractivity contribution >= 4 is 23.4 Å². The fourth-order valence-electron chi connectivity index (χ4n) is 1.80. The third-order valence-corrected chi connectivity index (χ3v) is 2.90. The van der Waals surface area contributed by atoms with E-state index < -0.39 is 16.6 Å². The van der Waals surface area contributed by atoms with E-state index in [4.69, 9.17) is 5.26 Å². The molecular weight excluding hydrogens is 301 g/mol. The van der Waals surface area contributed by atoms with Crippen molar-refractivity contribution < 1.29 is 14.1 Å². The van der Waals surface area contributed by atoms with Crippen molar-refractivity contribution in [2.24, 2.45) is 0 Å². The summed E-state index contributed by atoms with van der Waals surface area (Å²) in [6.07, 6.45) is 1.27. The third-order valence-electron chi connectivity index (χ3n) is 2.90. The van der Waals surface area contributed by atoms with Crippen LogP contribution in [0.25, 0.3) is 6.08 Å². The van der Waals surface area contributed by atoms with Gasteiger partial charge in [0.1, 0.15) is 23.1 Å². The average Bonchev–Trinajstić information content (AvgIpc) is 2.54. The predicted molar refractivity (Wildman–Crippen MR) is 81.7 cm³/mol. The molecule has 0 atom stereocenters. The van der Waals surface area contributed by atoms with Gasteiger partial charge in [0.15, 0.2) is 0 Å². The fraction of sp³-hybridized carbons (Fsp3) is 0. The van der Waals surface area contributed by atoms with Crippen LogP contribution in [0.2, 0.25) is 0 Å². The zero-order chi connectivity index (χ0) is 16.8. The van der Waals surface area contributed by atoms with Gasteiger partial charge < -0.3 is 5.32 Å². The highest BCUT2D eigenvalue weighted by molar-refractivity contribution is 6.10. The Bertz CT molecular complexity index is 823. The number of benzene rings is 2. The maximum absolute atomic E-state index is 12.8. The fourth-order valence-corrected chi connectivity index (χ4v) is 1.80. The minimum absolute atomic E-state index is 0.0113. The molecule has 0 aliphatic carbocycles. The summed E-state index contributed by atoms with van der Waals surface area (Å²) >= 11 is 0. The second kappa shape index (κ2) is 6.95. The summed E-state index contributed by atoms with van der Waals surface area (Å²) in [5.41, 5.74) is -0.0851. The molecule has 6 nitrogen and oxygen atoms in total. The van der Waals surface area contributed by atoms with Crippen LogP contribution >= 0.6 is 0 Å². The lowest BCUT2D eigenvalue weighted by molar-refractivity contribution is -0.383. The molecule has 0 saturated heterocycles. The molecule has 1 N–H and O–H groups in total. The van der Waals surface area contributed by atoms with E-state index in [9.17, 15) is 19.3 Å². The van der Waals surface area contributed by atoms with Crippen molar-refractivity contribution in [3.05, 3.63) is 75.6 Å². The average molecular weight is 311 g/mol. The molecule has 1 amide bonds. The van der Waals surface area contributed by atoms with Crippen molar-refractivity contribution in [2.75, 3.05) is 5.32 Å². The van der Waals surface area contributed by atoms with Gasteiger partial charge in [0.2, 0.25) is 0 Å². The van der Waals surface area contributed by atoms with Crippen LogP contribution < -0.4 is 5.32 Å². The van der Waals surface area contributed by atoms with Crippen molar-refractivity contribution in [3.8, 4) is 6.07 Å². The summed E-state index contributed by atoms with van der Waals surface area (Å²) in [4.78, 5) is 22.4. The maximum Gasteiger partial charge on any atom is 0.292 e. The molecule has 0 radical (unpaired) electrons. The van der Waals surface area contributed by atoms with Crippen LogP contribution in [0.5, 0.6) is 0 Å². The Labute approximate surface area is 130 Å². The number of hydrogen-bond donors (Lipinski definition) is 1. The quantitative estimate of drug-likeness (QED) is 0.405. The van der Waals surface area contributed by atoms with Crippen molar-refractivity contribution in [1.82, 2.24) is 0 Å². The number of nitriles is 1. The van der Waals surface area contributed by atoms with E-state index in [-0.39, 0.29) is 16.9 Å². The Morgan fingerprint density at radius 2 is 1.87 bits per heavy atom. The molecule has 0 saturated carbocycles. The molecule has 0 heterocycles. The van der Waals surface area contributed by atoms with Gasteiger partial charge in [-0.2, -0.15) is 5.26 Å². The predicted octanol–water partition coefficient (Wildman–Crippen LogP) is 3.28. The molecule has 7 heteroatoms. The van der Waals surface area contributed by atoms with Crippen LogP contribution in [0.3, 0.4) is 0 Å². The molecule has 0 aliphatic heterocycles. The summed E-state index contributed by atoms with van der Waals surface area (Å²) in [6.45, 7) is 0. The lowest BCUT2D eigenvalue weighted by atomic mass is 10.1. The number of para-hydroxylation sites is 2. The molecule has 2 rings (SSSR count). The van der Waals surface area contributed by atoms with Gasteiger partial charge in [-0.3, -0.25) is 14.9 Å². The van der Waals surface area contributed by atoms with Gasteiger partial charge >= 0.3 is 0 Å². The van der Waals surface area contributed by atoms with Gasteiger partial charge in [0.05, 0.1) is 4.92 Å². The Hall–Kier alpha value is -3.53. The summed E-state index contributed by atoms with van der Waals surface area (Å²) in [6, 6.07) is 12.5. The summed E-state index contributed by atoms with van der Waals surface area (Å²) < 4.78 is 12.8. The number of nitrogens with zero attached hydrogens (tertiary/aromatic N) is 2. The lowest BCUT2D eigenvalue weighted by Crippen LogP contribution is -2.14. The van der Waals surface area contributed by atoms with E-state index in [1.807, 2.05) is 0 Å². The highest BCUT2D eigenvalue weighted by Gasteiger charge is 2.17. The number of anilines is 1. The van der Waals surface area contributed by atoms with E-state index in [1.165, 1.54) is 54.6 Å². The van der Waals surface area contributed by atoms with Gasteiger partial charge in [-0.05, 0) is 29.8 Å². The molecule has 2 aromatic carbocycles. The summed E-state index contributed by atoms with van der Waals surface area (Å²) in [5, 5.41) is 22.3. The first kappa shape index (κ1) is 15.9. The lowest BCUT2D eigenvalue weighted by Gasteiger charge is -2.05. The molecule has 0 unspecified atom stereocenters. The number of nitro groups is 1. The van der Waals surface area contributed by atoms with Crippen LogP contribution in [0.4, 0.5) is 15.8 Å². The zero-order valence-electron chi connectivity index (χ0n) is 11.7. The third kappa shape index (κ3) is 3.98. The van der Waals surface area contributed by atoms with Crippen LogP contribution in [0, 0.1) is 27.3 Å². The monoisotopic (exact) mass is 311 g/mol. The Balaban J connectivity index is 2.27. The Morgan fingerprint density at radius 3 is 2.48 bits per heavy atom. The number of nitrogens with one attached hydrogen (secondary N) is 1. The van der Waals surface area contributed by atoms with Gasteiger partial charge in [0.25, 0.3) is 11.6 Å². The molecule has 2 aromatic rings. The largest absolute Gasteiger partial charge is 0.316 e. The number of rotatable bonds is 4. The summed E-state index contributed by atoms with van der Waals surface area (Å²) in [7, 11) is 0. The van der Waals surface area contributed by atoms with Gasteiger partial charge in [-0.15, -0.1) is 0 Å². The Kier molecular flexibility index (Phi) is 4.79. The molecule has 23 heavy (non-hydrogen) atoms. The first-order valence-electron chi connectivity index (χ1n) is 6.43. The normalized spacial score (nSPS) is 10.7. The zero-order valence-corrected chi connectivity index (χ0v) is 11.7. The minimum Gasteiger partial charge on any atom is -0.316 e. The Morgan fingerprint density at radius 1 is 1.22 bits per heavy atom. The van der Waals surface area contributed by atoms with Crippen molar-refractivity contribution in [1.29, 1.82) is 5.26 Å². The van der Waals surface area contributed by atoms with Crippen LogP contribution in [0.1, 0.15) is 5.56 Å². The smallest absolute Gasteiger partial charge is 0.292 e. The maximum atomic E-state index is 12.8. The van der Waals surface area contributed by atoms with E-state index in [2.05, 4.69) is 5.32 Å². The molecule has 0 fully saturated rings. The van der Waals surface area contributed by atoms with Gasteiger partial charge in [-0.1, -0.05) is 24.3 Å². The molecule has 0 aromatic heterocycles. The van der Waals surface area contributed by atoms with Crippen LogP contribution in [-0.2, 0) is 4.79 Å². The molecule has 0 aliphatic rings. The van der Waals surface area contributed by atoms with Crippen LogP contribution in [0.15, 0.2) is 54.1 Å².